The zero-order chi connectivity index (χ0) is 13.1. The number of ether oxygens (including phenoxy) is 2. The maximum absolute atomic E-state index is 5.92. The molecule has 0 aliphatic heterocycles. The van der Waals surface area contributed by atoms with Crippen LogP contribution in [0.4, 0.5) is 5.82 Å². The third kappa shape index (κ3) is 2.25. The van der Waals surface area contributed by atoms with E-state index in [2.05, 4.69) is 5.10 Å². The first-order valence-corrected chi connectivity index (χ1v) is 5.63. The van der Waals surface area contributed by atoms with Crippen LogP contribution in [0.2, 0.25) is 0 Å². The first-order valence-electron chi connectivity index (χ1n) is 5.63. The van der Waals surface area contributed by atoms with Crippen molar-refractivity contribution < 1.29 is 9.47 Å². The summed E-state index contributed by atoms with van der Waals surface area (Å²) in [5.74, 6) is 2.13. The predicted octanol–water partition coefficient (Wildman–Crippen LogP) is 1.61. The Bertz CT molecular complexity index is 549. The third-order valence-electron chi connectivity index (χ3n) is 2.91. The third-order valence-corrected chi connectivity index (χ3v) is 2.91. The lowest BCUT2D eigenvalue weighted by atomic mass is 10.1. The van der Waals surface area contributed by atoms with Crippen molar-refractivity contribution in [2.24, 2.45) is 7.05 Å². The SMILES string of the molecule is COc1ccc(Cc2cnn(C)c2N)cc1OC. The summed E-state index contributed by atoms with van der Waals surface area (Å²) in [5, 5.41) is 4.12. The average Bonchev–Trinajstić information content (AvgIpc) is 2.70. The molecule has 0 radical (unpaired) electrons. The molecule has 5 nitrogen and oxygen atoms in total. The summed E-state index contributed by atoms with van der Waals surface area (Å²) in [7, 11) is 5.07. The normalized spacial score (nSPS) is 10.4. The number of nitrogen functional groups attached to an aromatic ring is 1. The van der Waals surface area contributed by atoms with Gasteiger partial charge in [-0.15, -0.1) is 0 Å². The summed E-state index contributed by atoms with van der Waals surface area (Å²) in [6.07, 6.45) is 2.51. The van der Waals surface area contributed by atoms with E-state index in [1.54, 1.807) is 25.1 Å². The number of nitrogens with zero attached hydrogens (tertiary/aromatic N) is 2. The van der Waals surface area contributed by atoms with Crippen molar-refractivity contribution in [3.05, 3.63) is 35.5 Å². The highest BCUT2D eigenvalue weighted by Gasteiger charge is 2.08. The molecule has 18 heavy (non-hydrogen) atoms. The molecule has 2 aromatic rings. The van der Waals surface area contributed by atoms with Gasteiger partial charge in [0.15, 0.2) is 11.5 Å². The zero-order valence-electron chi connectivity index (χ0n) is 10.8. The number of benzene rings is 1. The van der Waals surface area contributed by atoms with Gasteiger partial charge in [-0.3, -0.25) is 4.68 Å². The Balaban J connectivity index is 2.27. The number of anilines is 1. The number of nitrogens with two attached hydrogens (primary N) is 1. The van der Waals surface area contributed by atoms with E-state index in [1.165, 1.54) is 0 Å². The van der Waals surface area contributed by atoms with Crippen LogP contribution in [0.25, 0.3) is 0 Å². The van der Waals surface area contributed by atoms with Gasteiger partial charge in [0.1, 0.15) is 5.82 Å². The molecule has 1 aromatic carbocycles. The van der Waals surface area contributed by atoms with Crippen molar-refractivity contribution in [2.75, 3.05) is 20.0 Å². The summed E-state index contributed by atoms with van der Waals surface area (Å²) < 4.78 is 12.1. The summed E-state index contributed by atoms with van der Waals surface area (Å²) >= 11 is 0. The van der Waals surface area contributed by atoms with Crippen LogP contribution in [-0.4, -0.2) is 24.0 Å². The molecule has 0 amide bonds. The van der Waals surface area contributed by atoms with Crippen LogP contribution in [0.5, 0.6) is 11.5 Å². The van der Waals surface area contributed by atoms with Gasteiger partial charge in [0.25, 0.3) is 0 Å². The van der Waals surface area contributed by atoms with Crippen LogP contribution >= 0.6 is 0 Å². The minimum absolute atomic E-state index is 0.685. The van der Waals surface area contributed by atoms with Crippen molar-refractivity contribution in [3.63, 3.8) is 0 Å². The van der Waals surface area contributed by atoms with Gasteiger partial charge >= 0.3 is 0 Å². The molecule has 0 bridgehead atoms. The van der Waals surface area contributed by atoms with Crippen LogP contribution in [0.1, 0.15) is 11.1 Å². The fraction of sp³-hybridized carbons (Fsp3) is 0.308. The molecule has 5 heteroatoms. The van der Waals surface area contributed by atoms with Crippen LogP contribution in [0.3, 0.4) is 0 Å². The van der Waals surface area contributed by atoms with Gasteiger partial charge in [0.05, 0.1) is 20.4 Å². The predicted molar refractivity (Wildman–Crippen MR) is 70.0 cm³/mol. The number of rotatable bonds is 4. The van der Waals surface area contributed by atoms with E-state index >= 15 is 0 Å². The summed E-state index contributed by atoms with van der Waals surface area (Å²) in [4.78, 5) is 0. The van der Waals surface area contributed by atoms with Crippen LogP contribution < -0.4 is 15.2 Å². The van der Waals surface area contributed by atoms with Gasteiger partial charge in [-0.1, -0.05) is 6.07 Å². The van der Waals surface area contributed by atoms with Crippen LogP contribution in [-0.2, 0) is 13.5 Å². The number of aromatic nitrogens is 2. The topological polar surface area (TPSA) is 62.3 Å². The minimum Gasteiger partial charge on any atom is -0.493 e. The molecule has 0 aliphatic carbocycles. The molecule has 0 spiro atoms. The molecule has 0 aliphatic rings. The number of hydrogen-bond acceptors (Lipinski definition) is 4. The highest BCUT2D eigenvalue weighted by molar-refractivity contribution is 5.47. The quantitative estimate of drug-likeness (QED) is 0.891. The second-order valence-electron chi connectivity index (χ2n) is 4.04. The Kier molecular flexibility index (Phi) is 3.41. The Morgan fingerprint density at radius 1 is 1.22 bits per heavy atom. The Hall–Kier alpha value is -2.17. The summed E-state index contributed by atoms with van der Waals surface area (Å²) in [5.41, 5.74) is 8.03. The van der Waals surface area contributed by atoms with E-state index in [9.17, 15) is 0 Å². The lowest BCUT2D eigenvalue weighted by Crippen LogP contribution is -2.00. The summed E-state index contributed by atoms with van der Waals surface area (Å²) in [6, 6.07) is 5.83. The second kappa shape index (κ2) is 5.00. The van der Waals surface area contributed by atoms with E-state index in [0.29, 0.717) is 5.82 Å². The maximum Gasteiger partial charge on any atom is 0.160 e. The van der Waals surface area contributed by atoms with E-state index < -0.39 is 0 Å². The molecule has 0 atom stereocenters. The summed E-state index contributed by atoms with van der Waals surface area (Å²) in [6.45, 7) is 0. The fourth-order valence-electron chi connectivity index (χ4n) is 1.84. The van der Waals surface area contributed by atoms with E-state index in [-0.39, 0.29) is 0 Å². The fourth-order valence-corrected chi connectivity index (χ4v) is 1.84. The highest BCUT2D eigenvalue weighted by Crippen LogP contribution is 2.29. The Morgan fingerprint density at radius 3 is 2.50 bits per heavy atom. The second-order valence-corrected chi connectivity index (χ2v) is 4.04. The van der Waals surface area contributed by atoms with Crippen molar-refractivity contribution in [1.82, 2.24) is 9.78 Å². The van der Waals surface area contributed by atoms with E-state index in [1.807, 2.05) is 25.2 Å². The first kappa shape index (κ1) is 12.3. The molecule has 0 saturated carbocycles. The average molecular weight is 247 g/mol. The lowest BCUT2D eigenvalue weighted by molar-refractivity contribution is 0.354. The molecule has 96 valence electrons. The molecular formula is C13H17N3O2. The monoisotopic (exact) mass is 247 g/mol. The van der Waals surface area contributed by atoms with Gasteiger partial charge in [-0.05, 0) is 17.7 Å². The van der Waals surface area contributed by atoms with E-state index in [0.717, 1.165) is 29.0 Å². The maximum atomic E-state index is 5.92. The molecule has 1 aromatic heterocycles. The molecule has 1 heterocycles. The van der Waals surface area contributed by atoms with Crippen molar-refractivity contribution >= 4 is 5.82 Å². The molecule has 2 rings (SSSR count). The standard InChI is InChI=1S/C13H17N3O2/c1-16-13(14)10(8-15-16)6-9-4-5-11(17-2)12(7-9)18-3/h4-5,7-8H,6,14H2,1-3H3. The Morgan fingerprint density at radius 2 is 1.94 bits per heavy atom. The van der Waals surface area contributed by atoms with E-state index in [4.69, 9.17) is 15.2 Å². The molecule has 2 N–H and O–H groups in total. The van der Waals surface area contributed by atoms with Gasteiger partial charge < -0.3 is 15.2 Å². The van der Waals surface area contributed by atoms with Gasteiger partial charge in [0.2, 0.25) is 0 Å². The van der Waals surface area contributed by atoms with Gasteiger partial charge in [-0.2, -0.15) is 5.10 Å². The molecule has 0 saturated heterocycles. The van der Waals surface area contributed by atoms with Crippen molar-refractivity contribution in [2.45, 2.75) is 6.42 Å². The molecular weight excluding hydrogens is 230 g/mol. The Labute approximate surface area is 106 Å². The highest BCUT2D eigenvalue weighted by atomic mass is 16.5. The largest absolute Gasteiger partial charge is 0.493 e. The number of aryl methyl sites for hydroxylation is 1. The first-order chi connectivity index (χ1) is 8.65. The molecule has 0 unspecified atom stereocenters. The van der Waals surface area contributed by atoms with Crippen molar-refractivity contribution in [1.29, 1.82) is 0 Å². The van der Waals surface area contributed by atoms with Gasteiger partial charge in [0, 0.05) is 19.0 Å². The van der Waals surface area contributed by atoms with Crippen LogP contribution in [0.15, 0.2) is 24.4 Å². The van der Waals surface area contributed by atoms with Crippen molar-refractivity contribution in [3.8, 4) is 11.5 Å². The van der Waals surface area contributed by atoms with Crippen LogP contribution in [0, 0.1) is 0 Å². The molecule has 0 fully saturated rings. The smallest absolute Gasteiger partial charge is 0.160 e. The number of methoxy groups -OCH3 is 2. The number of hydrogen-bond donors (Lipinski definition) is 1. The minimum atomic E-state index is 0.685. The zero-order valence-corrected chi connectivity index (χ0v) is 10.8. The lowest BCUT2D eigenvalue weighted by Gasteiger charge is -2.09. The van der Waals surface area contributed by atoms with Gasteiger partial charge in [-0.25, -0.2) is 0 Å².